The zero-order valence-electron chi connectivity index (χ0n) is 12.8. The minimum atomic E-state index is 0.0428. The fraction of sp³-hybridized carbons (Fsp3) is 0.625. The molecule has 1 fully saturated rings. The fourth-order valence-corrected chi connectivity index (χ4v) is 3.34. The molecule has 0 unspecified atom stereocenters. The van der Waals surface area contributed by atoms with Crippen LogP contribution in [0.25, 0.3) is 0 Å². The molecule has 0 aromatic carbocycles. The van der Waals surface area contributed by atoms with E-state index < -0.39 is 0 Å². The molecule has 1 aliphatic rings. The van der Waals surface area contributed by atoms with Gasteiger partial charge in [0.05, 0.1) is 0 Å². The van der Waals surface area contributed by atoms with Gasteiger partial charge < -0.3 is 10.2 Å². The first kappa shape index (κ1) is 16.0. The first-order chi connectivity index (χ1) is 10.1. The second-order valence-electron chi connectivity index (χ2n) is 5.87. The Morgan fingerprint density at radius 2 is 2.10 bits per heavy atom. The summed E-state index contributed by atoms with van der Waals surface area (Å²) in [6.07, 6.45) is 2.46. The molecule has 1 saturated heterocycles. The van der Waals surface area contributed by atoms with Crippen molar-refractivity contribution in [2.45, 2.75) is 33.1 Å². The van der Waals surface area contributed by atoms with Crippen LogP contribution < -0.4 is 5.32 Å². The van der Waals surface area contributed by atoms with Crippen molar-refractivity contribution in [1.82, 2.24) is 10.2 Å². The summed E-state index contributed by atoms with van der Waals surface area (Å²) in [6, 6.07) is 4.12. The Morgan fingerprint density at radius 3 is 2.67 bits per heavy atom. The number of thiophene rings is 1. The van der Waals surface area contributed by atoms with Crippen molar-refractivity contribution in [3.63, 3.8) is 0 Å². The molecule has 2 amide bonds. The standard InChI is InChI=1S/C16H24N2O2S/c1-12(2)16(20)18-9-6-13(7-10-18)15(19)17-8-5-14-4-3-11-21-14/h3-4,11-13H,5-10H2,1-2H3,(H,17,19). The molecule has 0 saturated carbocycles. The molecule has 116 valence electrons. The lowest BCUT2D eigenvalue weighted by atomic mass is 9.95. The molecular formula is C16H24N2O2S. The van der Waals surface area contributed by atoms with Crippen molar-refractivity contribution < 1.29 is 9.59 Å². The monoisotopic (exact) mass is 308 g/mol. The van der Waals surface area contributed by atoms with Gasteiger partial charge >= 0.3 is 0 Å². The van der Waals surface area contributed by atoms with Crippen molar-refractivity contribution >= 4 is 23.2 Å². The van der Waals surface area contributed by atoms with Gasteiger partial charge in [-0.1, -0.05) is 19.9 Å². The zero-order valence-corrected chi connectivity index (χ0v) is 13.6. The summed E-state index contributed by atoms with van der Waals surface area (Å²) in [5.41, 5.74) is 0. The summed E-state index contributed by atoms with van der Waals surface area (Å²) >= 11 is 1.72. The lowest BCUT2D eigenvalue weighted by molar-refractivity contribution is -0.138. The maximum Gasteiger partial charge on any atom is 0.225 e. The van der Waals surface area contributed by atoms with Crippen molar-refractivity contribution in [2.75, 3.05) is 19.6 Å². The molecule has 2 heterocycles. The molecule has 1 aromatic rings. The van der Waals surface area contributed by atoms with Gasteiger partial charge in [-0.25, -0.2) is 0 Å². The van der Waals surface area contributed by atoms with E-state index in [-0.39, 0.29) is 23.7 Å². The van der Waals surface area contributed by atoms with Gasteiger partial charge in [0.25, 0.3) is 0 Å². The lowest BCUT2D eigenvalue weighted by Gasteiger charge is -2.32. The molecule has 0 spiro atoms. The quantitative estimate of drug-likeness (QED) is 0.907. The summed E-state index contributed by atoms with van der Waals surface area (Å²) in [6.45, 7) is 5.96. The largest absolute Gasteiger partial charge is 0.355 e. The summed E-state index contributed by atoms with van der Waals surface area (Å²) in [5, 5.41) is 5.08. The molecule has 0 radical (unpaired) electrons. The Labute approximate surface area is 130 Å². The molecule has 5 heteroatoms. The van der Waals surface area contributed by atoms with E-state index in [2.05, 4.69) is 16.8 Å². The Morgan fingerprint density at radius 1 is 1.38 bits per heavy atom. The van der Waals surface area contributed by atoms with Crippen molar-refractivity contribution in [3.8, 4) is 0 Å². The van der Waals surface area contributed by atoms with Crippen molar-refractivity contribution in [2.24, 2.45) is 11.8 Å². The summed E-state index contributed by atoms with van der Waals surface area (Å²) in [5.74, 6) is 0.445. The smallest absolute Gasteiger partial charge is 0.225 e. The number of amides is 2. The van der Waals surface area contributed by atoms with Crippen LogP contribution in [0.5, 0.6) is 0 Å². The summed E-state index contributed by atoms with van der Waals surface area (Å²) in [4.78, 5) is 27.2. The molecule has 2 rings (SSSR count). The summed E-state index contributed by atoms with van der Waals surface area (Å²) < 4.78 is 0. The van der Waals surface area contributed by atoms with E-state index in [1.807, 2.05) is 24.8 Å². The van der Waals surface area contributed by atoms with Gasteiger partial charge in [-0.15, -0.1) is 11.3 Å². The molecular weight excluding hydrogens is 284 g/mol. The van der Waals surface area contributed by atoms with Crippen LogP contribution in [-0.4, -0.2) is 36.3 Å². The fourth-order valence-electron chi connectivity index (χ4n) is 2.64. The molecule has 4 nitrogen and oxygen atoms in total. The summed E-state index contributed by atoms with van der Waals surface area (Å²) in [7, 11) is 0. The van der Waals surface area contributed by atoms with E-state index in [4.69, 9.17) is 0 Å². The lowest BCUT2D eigenvalue weighted by Crippen LogP contribution is -2.44. The van der Waals surface area contributed by atoms with Crippen molar-refractivity contribution in [3.05, 3.63) is 22.4 Å². The average molecular weight is 308 g/mol. The van der Waals surface area contributed by atoms with Crippen LogP contribution >= 0.6 is 11.3 Å². The molecule has 0 aliphatic carbocycles. The molecule has 21 heavy (non-hydrogen) atoms. The number of hydrogen-bond donors (Lipinski definition) is 1. The third-order valence-electron chi connectivity index (χ3n) is 3.92. The van der Waals surface area contributed by atoms with E-state index in [0.717, 1.165) is 19.3 Å². The number of piperidine rings is 1. The van der Waals surface area contributed by atoms with Gasteiger partial charge in [-0.3, -0.25) is 9.59 Å². The molecule has 0 bridgehead atoms. The van der Waals surface area contributed by atoms with Crippen LogP contribution in [0.4, 0.5) is 0 Å². The van der Waals surface area contributed by atoms with E-state index in [1.54, 1.807) is 11.3 Å². The van der Waals surface area contributed by atoms with E-state index in [0.29, 0.717) is 19.6 Å². The Kier molecular flexibility index (Phi) is 5.79. The number of nitrogens with zero attached hydrogens (tertiary/aromatic N) is 1. The Balaban J connectivity index is 1.69. The maximum absolute atomic E-state index is 12.1. The highest BCUT2D eigenvalue weighted by Crippen LogP contribution is 2.19. The minimum absolute atomic E-state index is 0.0428. The van der Waals surface area contributed by atoms with E-state index in [9.17, 15) is 9.59 Å². The van der Waals surface area contributed by atoms with Gasteiger partial charge in [-0.05, 0) is 30.7 Å². The normalized spacial score (nSPS) is 16.2. The third-order valence-corrected chi connectivity index (χ3v) is 4.86. The Hall–Kier alpha value is -1.36. The third kappa shape index (κ3) is 4.56. The van der Waals surface area contributed by atoms with Crippen LogP contribution in [0.1, 0.15) is 31.6 Å². The van der Waals surface area contributed by atoms with Gasteiger partial charge in [0.1, 0.15) is 0 Å². The molecule has 1 N–H and O–H groups in total. The second-order valence-corrected chi connectivity index (χ2v) is 6.91. The average Bonchev–Trinajstić information content (AvgIpc) is 2.99. The van der Waals surface area contributed by atoms with Crippen LogP contribution in [0.2, 0.25) is 0 Å². The van der Waals surface area contributed by atoms with Gasteiger partial charge in [-0.2, -0.15) is 0 Å². The molecule has 1 aliphatic heterocycles. The molecule has 0 atom stereocenters. The second kappa shape index (κ2) is 7.59. The first-order valence-corrected chi connectivity index (χ1v) is 8.54. The first-order valence-electron chi connectivity index (χ1n) is 7.67. The van der Waals surface area contributed by atoms with Gasteiger partial charge in [0.2, 0.25) is 11.8 Å². The van der Waals surface area contributed by atoms with Gasteiger partial charge in [0, 0.05) is 36.3 Å². The maximum atomic E-state index is 12.1. The predicted octanol–water partition coefficient (Wildman–Crippen LogP) is 2.30. The predicted molar refractivity (Wildman–Crippen MR) is 85.2 cm³/mol. The number of hydrogen-bond acceptors (Lipinski definition) is 3. The van der Waals surface area contributed by atoms with Crippen LogP contribution in [0.15, 0.2) is 17.5 Å². The van der Waals surface area contributed by atoms with Crippen molar-refractivity contribution in [1.29, 1.82) is 0 Å². The highest BCUT2D eigenvalue weighted by atomic mass is 32.1. The highest BCUT2D eigenvalue weighted by Gasteiger charge is 2.27. The SMILES string of the molecule is CC(C)C(=O)N1CCC(C(=O)NCCc2cccs2)CC1. The number of nitrogens with one attached hydrogen (secondary N) is 1. The van der Waals surface area contributed by atoms with Crippen LogP contribution in [0, 0.1) is 11.8 Å². The van der Waals surface area contributed by atoms with Gasteiger partial charge in [0.15, 0.2) is 0 Å². The van der Waals surface area contributed by atoms with E-state index >= 15 is 0 Å². The van der Waals surface area contributed by atoms with Crippen LogP contribution in [-0.2, 0) is 16.0 Å². The number of carbonyl (C=O) groups is 2. The zero-order chi connectivity index (χ0) is 15.2. The van der Waals surface area contributed by atoms with E-state index in [1.165, 1.54) is 4.88 Å². The molecule has 1 aromatic heterocycles. The van der Waals surface area contributed by atoms with Crippen LogP contribution in [0.3, 0.4) is 0 Å². The topological polar surface area (TPSA) is 49.4 Å². The Bertz CT molecular complexity index is 463. The highest BCUT2D eigenvalue weighted by molar-refractivity contribution is 7.09. The number of rotatable bonds is 5. The minimum Gasteiger partial charge on any atom is -0.355 e. The number of likely N-dealkylation sites (tertiary alicyclic amines) is 1. The number of carbonyl (C=O) groups excluding carboxylic acids is 2.